The normalized spacial score (nSPS) is 25.6. The van der Waals surface area contributed by atoms with Gasteiger partial charge in [0.2, 0.25) is 0 Å². The van der Waals surface area contributed by atoms with Gasteiger partial charge in [0.05, 0.1) is 0 Å². The lowest BCUT2D eigenvalue weighted by atomic mass is 9.87. The second-order valence-electron chi connectivity index (χ2n) is 5.74. The van der Waals surface area contributed by atoms with E-state index in [1.54, 1.807) is 0 Å². The molecule has 0 bridgehead atoms. The molecule has 1 aromatic carbocycles. The Morgan fingerprint density at radius 2 is 2.00 bits per heavy atom. The maximum Gasteiger partial charge on any atom is 0.130 e. The summed E-state index contributed by atoms with van der Waals surface area (Å²) in [7, 11) is 0. The molecule has 3 atom stereocenters. The first-order valence-corrected chi connectivity index (χ1v) is 7.48. The van der Waals surface area contributed by atoms with Crippen molar-refractivity contribution < 1.29 is 8.78 Å². The predicted molar refractivity (Wildman–Crippen MR) is 77.3 cm³/mol. The highest BCUT2D eigenvalue weighted by Crippen LogP contribution is 2.33. The molecule has 4 heteroatoms. The topological polar surface area (TPSA) is 29.3 Å². The summed E-state index contributed by atoms with van der Waals surface area (Å²) >= 11 is 0. The largest absolute Gasteiger partial charge is 0.329 e. The minimum absolute atomic E-state index is 0.167. The molecule has 1 aromatic rings. The number of piperidine rings is 1. The van der Waals surface area contributed by atoms with E-state index in [0.29, 0.717) is 12.5 Å². The van der Waals surface area contributed by atoms with E-state index in [9.17, 15) is 8.78 Å². The average Bonchev–Trinajstić information content (AvgIpc) is 2.46. The third-order valence-electron chi connectivity index (χ3n) is 4.63. The van der Waals surface area contributed by atoms with Gasteiger partial charge in [-0.05, 0) is 44.4 Å². The van der Waals surface area contributed by atoms with E-state index in [4.69, 9.17) is 5.73 Å². The van der Waals surface area contributed by atoms with Crippen LogP contribution in [0.4, 0.5) is 8.78 Å². The average molecular weight is 282 g/mol. The van der Waals surface area contributed by atoms with Crippen LogP contribution in [0.5, 0.6) is 0 Å². The minimum Gasteiger partial charge on any atom is -0.329 e. The zero-order valence-corrected chi connectivity index (χ0v) is 12.3. The predicted octanol–water partition coefficient (Wildman–Crippen LogP) is 3.48. The zero-order valence-electron chi connectivity index (χ0n) is 12.3. The summed E-state index contributed by atoms with van der Waals surface area (Å²) in [6.07, 6.45) is 3.24. The van der Waals surface area contributed by atoms with Crippen LogP contribution in [0.3, 0.4) is 0 Å². The Bertz CT molecular complexity index is 430. The van der Waals surface area contributed by atoms with Crippen LogP contribution in [-0.2, 0) is 0 Å². The summed E-state index contributed by atoms with van der Waals surface area (Å²) in [5.74, 6) is -0.255. The Hall–Kier alpha value is -1.00. The van der Waals surface area contributed by atoms with Gasteiger partial charge in [-0.1, -0.05) is 19.4 Å². The number of nitrogens with two attached hydrogens (primary N) is 1. The second kappa shape index (κ2) is 6.64. The lowest BCUT2D eigenvalue weighted by Gasteiger charge is -2.42. The summed E-state index contributed by atoms with van der Waals surface area (Å²) in [5.41, 5.74) is 6.04. The molecule has 0 spiro atoms. The number of rotatable bonds is 4. The summed E-state index contributed by atoms with van der Waals surface area (Å²) in [6.45, 7) is 5.45. The van der Waals surface area contributed by atoms with Crippen molar-refractivity contribution in [2.45, 2.75) is 45.2 Å². The van der Waals surface area contributed by atoms with Gasteiger partial charge in [0, 0.05) is 24.2 Å². The molecule has 0 amide bonds. The molecule has 1 aliphatic heterocycles. The summed E-state index contributed by atoms with van der Waals surface area (Å²) in [4.78, 5) is 2.16. The van der Waals surface area contributed by atoms with Crippen molar-refractivity contribution in [2.24, 2.45) is 11.7 Å². The molecule has 0 aliphatic carbocycles. The highest BCUT2D eigenvalue weighted by Gasteiger charge is 2.32. The maximum absolute atomic E-state index is 13.9. The first kappa shape index (κ1) is 15.4. The fourth-order valence-corrected chi connectivity index (χ4v) is 3.34. The van der Waals surface area contributed by atoms with Crippen molar-refractivity contribution in [3.63, 3.8) is 0 Å². The van der Waals surface area contributed by atoms with Gasteiger partial charge >= 0.3 is 0 Å². The Kier molecular flexibility index (Phi) is 5.11. The molecule has 2 nitrogen and oxygen atoms in total. The van der Waals surface area contributed by atoms with Crippen LogP contribution in [0, 0.1) is 17.6 Å². The van der Waals surface area contributed by atoms with E-state index in [0.717, 1.165) is 25.8 Å². The van der Waals surface area contributed by atoms with Gasteiger partial charge in [0.15, 0.2) is 0 Å². The highest BCUT2D eigenvalue weighted by atomic mass is 19.1. The molecule has 0 saturated carbocycles. The van der Waals surface area contributed by atoms with E-state index in [2.05, 4.69) is 11.8 Å². The highest BCUT2D eigenvalue weighted by molar-refractivity contribution is 5.23. The molecule has 3 unspecified atom stereocenters. The Balaban J connectivity index is 2.21. The van der Waals surface area contributed by atoms with E-state index in [1.807, 2.05) is 6.92 Å². The number of hydrogen-bond acceptors (Lipinski definition) is 2. The minimum atomic E-state index is -0.467. The number of halogens is 2. The molecule has 1 aliphatic rings. The van der Waals surface area contributed by atoms with E-state index in [1.165, 1.54) is 18.2 Å². The number of hydrogen-bond donors (Lipinski definition) is 1. The van der Waals surface area contributed by atoms with Crippen LogP contribution < -0.4 is 5.73 Å². The van der Waals surface area contributed by atoms with Crippen LogP contribution in [0.15, 0.2) is 18.2 Å². The second-order valence-corrected chi connectivity index (χ2v) is 5.74. The smallest absolute Gasteiger partial charge is 0.130 e. The third kappa shape index (κ3) is 3.01. The van der Waals surface area contributed by atoms with Gasteiger partial charge in [-0.3, -0.25) is 4.90 Å². The van der Waals surface area contributed by atoms with Crippen LogP contribution in [-0.4, -0.2) is 24.0 Å². The van der Waals surface area contributed by atoms with E-state index in [-0.39, 0.29) is 17.6 Å². The van der Waals surface area contributed by atoms with Crippen molar-refractivity contribution in [2.75, 3.05) is 13.1 Å². The lowest BCUT2D eigenvalue weighted by Crippen LogP contribution is -2.47. The molecule has 1 saturated heterocycles. The van der Waals surface area contributed by atoms with Crippen molar-refractivity contribution in [1.82, 2.24) is 4.90 Å². The standard InChI is InChI=1S/C16H24F2N2/c1-3-12-7-8-20(13(9-12)10-19)11(2)16-14(17)5-4-6-15(16)18/h4-6,11-13H,3,7-10,19H2,1-2H3. The molecule has 112 valence electrons. The van der Waals surface area contributed by atoms with Crippen molar-refractivity contribution in [3.8, 4) is 0 Å². The van der Waals surface area contributed by atoms with Crippen molar-refractivity contribution >= 4 is 0 Å². The molecule has 20 heavy (non-hydrogen) atoms. The Morgan fingerprint density at radius 3 is 2.55 bits per heavy atom. The summed E-state index contributed by atoms with van der Waals surface area (Å²) in [5, 5.41) is 0. The number of benzene rings is 1. The quantitative estimate of drug-likeness (QED) is 0.916. The van der Waals surface area contributed by atoms with E-state index < -0.39 is 11.6 Å². The monoisotopic (exact) mass is 282 g/mol. The zero-order chi connectivity index (χ0) is 14.7. The van der Waals surface area contributed by atoms with Gasteiger partial charge in [-0.25, -0.2) is 8.78 Å². The molecule has 2 N–H and O–H groups in total. The van der Waals surface area contributed by atoms with Crippen LogP contribution in [0.2, 0.25) is 0 Å². The van der Waals surface area contributed by atoms with Gasteiger partial charge in [0.1, 0.15) is 11.6 Å². The van der Waals surface area contributed by atoms with Crippen LogP contribution in [0.25, 0.3) is 0 Å². The Morgan fingerprint density at radius 1 is 1.35 bits per heavy atom. The lowest BCUT2D eigenvalue weighted by molar-refractivity contribution is 0.0741. The van der Waals surface area contributed by atoms with Crippen LogP contribution in [0.1, 0.15) is 44.7 Å². The molecule has 2 rings (SSSR count). The summed E-state index contributed by atoms with van der Waals surface area (Å²) in [6, 6.07) is 3.99. The first-order valence-electron chi connectivity index (χ1n) is 7.48. The fourth-order valence-electron chi connectivity index (χ4n) is 3.34. The molecule has 0 radical (unpaired) electrons. The maximum atomic E-state index is 13.9. The van der Waals surface area contributed by atoms with Gasteiger partial charge < -0.3 is 5.73 Å². The SMILES string of the molecule is CCC1CCN(C(C)c2c(F)cccc2F)C(CN)C1. The molecule has 0 aromatic heterocycles. The van der Waals surface area contributed by atoms with Gasteiger partial charge in [0.25, 0.3) is 0 Å². The molecule has 1 heterocycles. The van der Waals surface area contributed by atoms with Gasteiger partial charge in [-0.15, -0.1) is 0 Å². The summed E-state index contributed by atoms with van der Waals surface area (Å²) < 4.78 is 27.9. The molecule has 1 fully saturated rings. The van der Waals surface area contributed by atoms with Gasteiger partial charge in [-0.2, -0.15) is 0 Å². The third-order valence-corrected chi connectivity index (χ3v) is 4.63. The van der Waals surface area contributed by atoms with E-state index >= 15 is 0 Å². The van der Waals surface area contributed by atoms with Crippen molar-refractivity contribution in [1.29, 1.82) is 0 Å². The molecular weight excluding hydrogens is 258 g/mol. The first-order chi connectivity index (χ1) is 9.58. The number of nitrogens with zero attached hydrogens (tertiary/aromatic N) is 1. The fraction of sp³-hybridized carbons (Fsp3) is 0.625. The number of likely N-dealkylation sites (tertiary alicyclic amines) is 1. The molecular formula is C16H24F2N2. The van der Waals surface area contributed by atoms with Crippen LogP contribution >= 0.6 is 0 Å². The Labute approximate surface area is 120 Å². The van der Waals surface area contributed by atoms with Crippen molar-refractivity contribution in [3.05, 3.63) is 35.4 Å².